The molecule has 0 unspecified atom stereocenters. The predicted octanol–water partition coefficient (Wildman–Crippen LogP) is 4.36. The number of carbonyl (C=O) groups excluding carboxylic acids is 2. The summed E-state index contributed by atoms with van der Waals surface area (Å²) in [6.07, 6.45) is 1.55. The third kappa shape index (κ3) is 5.14. The van der Waals surface area contributed by atoms with Crippen LogP contribution in [-0.4, -0.2) is 54.5 Å². The molecule has 1 fully saturated rings. The molecular weight excluding hydrogens is 416 g/mol. The number of benzene rings is 2. The molecule has 0 radical (unpaired) electrons. The van der Waals surface area contributed by atoms with Crippen LogP contribution in [0.3, 0.4) is 0 Å². The fourth-order valence-corrected chi connectivity index (χ4v) is 4.11. The lowest BCUT2D eigenvalue weighted by molar-refractivity contribution is -0.123. The van der Waals surface area contributed by atoms with Crippen molar-refractivity contribution in [1.29, 1.82) is 0 Å². The Hall–Kier alpha value is -3.13. The molecule has 0 aliphatic carbocycles. The van der Waals surface area contributed by atoms with Crippen molar-refractivity contribution in [2.24, 2.45) is 0 Å². The normalized spacial score (nSPS) is 14.9. The van der Waals surface area contributed by atoms with Crippen molar-refractivity contribution in [2.75, 3.05) is 38.3 Å². The fraction of sp³-hybridized carbons (Fsp3) is 0.304. The van der Waals surface area contributed by atoms with Crippen LogP contribution < -0.4 is 14.4 Å². The van der Waals surface area contributed by atoms with Gasteiger partial charge < -0.3 is 19.5 Å². The van der Waals surface area contributed by atoms with Gasteiger partial charge >= 0.3 is 0 Å². The monoisotopic (exact) mass is 442 g/mol. The highest BCUT2D eigenvalue weighted by atomic mass is 32.2. The first-order valence-electron chi connectivity index (χ1n) is 10.1. The lowest BCUT2D eigenvalue weighted by Crippen LogP contribution is -2.32. The van der Waals surface area contributed by atoms with Crippen LogP contribution in [0.25, 0.3) is 6.08 Å². The summed E-state index contributed by atoms with van der Waals surface area (Å²) >= 11 is 0.856. The van der Waals surface area contributed by atoms with Crippen molar-refractivity contribution in [3.8, 4) is 17.2 Å². The number of phenols is 1. The Morgan fingerprint density at radius 1 is 1.10 bits per heavy atom. The number of thioether (sulfide) groups is 1. The second-order valence-electron chi connectivity index (χ2n) is 6.75. The summed E-state index contributed by atoms with van der Waals surface area (Å²) in [5, 5.41) is 10.0. The smallest absolute Gasteiger partial charge is 0.293 e. The lowest BCUT2D eigenvalue weighted by atomic mass is 10.1. The molecule has 3 rings (SSSR count). The van der Waals surface area contributed by atoms with Crippen LogP contribution in [0.15, 0.2) is 47.4 Å². The van der Waals surface area contributed by atoms with Gasteiger partial charge in [-0.05, 0) is 56.0 Å². The summed E-state index contributed by atoms with van der Waals surface area (Å²) in [6.45, 7) is 6.00. The molecule has 164 valence electrons. The topological polar surface area (TPSA) is 79.3 Å². The molecule has 7 nitrogen and oxygen atoms in total. The van der Waals surface area contributed by atoms with E-state index in [0.717, 1.165) is 35.4 Å². The number of rotatable bonds is 9. The Morgan fingerprint density at radius 3 is 2.45 bits per heavy atom. The van der Waals surface area contributed by atoms with E-state index in [1.54, 1.807) is 37.5 Å². The SMILES string of the molecule is CCN(CC)c1ccc(/C=C2\SC(=O)N(CCOc3ccccc3OC)C2=O)c(O)c1. The second-order valence-corrected chi connectivity index (χ2v) is 7.74. The van der Waals surface area contributed by atoms with Crippen molar-refractivity contribution in [2.45, 2.75) is 13.8 Å². The number of aromatic hydroxyl groups is 1. The molecule has 0 bridgehead atoms. The van der Waals surface area contributed by atoms with Gasteiger partial charge in [0.15, 0.2) is 11.5 Å². The molecule has 1 saturated heterocycles. The summed E-state index contributed by atoms with van der Waals surface area (Å²) in [6, 6.07) is 12.5. The minimum Gasteiger partial charge on any atom is -0.507 e. The van der Waals surface area contributed by atoms with Gasteiger partial charge in [-0.2, -0.15) is 0 Å². The van der Waals surface area contributed by atoms with Gasteiger partial charge in [-0.3, -0.25) is 14.5 Å². The average molecular weight is 443 g/mol. The molecule has 0 saturated carbocycles. The van der Waals surface area contributed by atoms with E-state index < -0.39 is 5.91 Å². The number of hydrogen-bond acceptors (Lipinski definition) is 7. The van der Waals surface area contributed by atoms with Gasteiger partial charge in [0.25, 0.3) is 11.1 Å². The van der Waals surface area contributed by atoms with Gasteiger partial charge in [0.05, 0.1) is 18.6 Å². The Labute approximate surface area is 186 Å². The molecule has 0 spiro atoms. The quantitative estimate of drug-likeness (QED) is 0.578. The molecule has 2 aromatic rings. The average Bonchev–Trinajstić information content (AvgIpc) is 3.04. The van der Waals surface area contributed by atoms with Gasteiger partial charge in [0.2, 0.25) is 0 Å². The van der Waals surface area contributed by atoms with Crippen LogP contribution in [-0.2, 0) is 4.79 Å². The highest BCUT2D eigenvalue weighted by Crippen LogP contribution is 2.35. The number of phenolic OH excluding ortho intramolecular Hbond substituents is 1. The summed E-state index contributed by atoms with van der Waals surface area (Å²) in [4.78, 5) is 28.6. The number of amides is 2. The predicted molar refractivity (Wildman–Crippen MR) is 123 cm³/mol. The van der Waals surface area contributed by atoms with Crippen molar-refractivity contribution in [1.82, 2.24) is 4.90 Å². The minimum absolute atomic E-state index is 0.0655. The molecule has 1 aliphatic heterocycles. The number of methoxy groups -OCH3 is 1. The van der Waals surface area contributed by atoms with Crippen LogP contribution in [0, 0.1) is 0 Å². The van der Waals surface area contributed by atoms with Crippen molar-refractivity contribution in [3.05, 3.63) is 52.9 Å². The third-order valence-corrected chi connectivity index (χ3v) is 5.85. The van der Waals surface area contributed by atoms with Gasteiger partial charge in [0.1, 0.15) is 12.4 Å². The van der Waals surface area contributed by atoms with E-state index in [9.17, 15) is 14.7 Å². The first kappa shape index (κ1) is 22.6. The van der Waals surface area contributed by atoms with Crippen molar-refractivity contribution < 1.29 is 24.2 Å². The number of para-hydroxylation sites is 2. The molecule has 1 aliphatic rings. The summed E-state index contributed by atoms with van der Waals surface area (Å²) in [7, 11) is 1.55. The zero-order chi connectivity index (χ0) is 22.4. The zero-order valence-corrected chi connectivity index (χ0v) is 18.6. The van der Waals surface area contributed by atoms with Gasteiger partial charge in [-0.15, -0.1) is 0 Å². The van der Waals surface area contributed by atoms with E-state index in [4.69, 9.17) is 9.47 Å². The minimum atomic E-state index is -0.397. The number of imide groups is 1. The molecular formula is C23H26N2O5S. The Balaban J connectivity index is 1.67. The number of anilines is 1. The summed E-state index contributed by atoms with van der Waals surface area (Å²) in [5.74, 6) is 0.799. The summed E-state index contributed by atoms with van der Waals surface area (Å²) < 4.78 is 10.9. The fourth-order valence-electron chi connectivity index (χ4n) is 3.26. The first-order chi connectivity index (χ1) is 15.0. The van der Waals surface area contributed by atoms with Gasteiger partial charge in [-0.1, -0.05) is 12.1 Å². The van der Waals surface area contributed by atoms with E-state index in [2.05, 4.69) is 4.90 Å². The van der Waals surface area contributed by atoms with Gasteiger partial charge in [-0.25, -0.2) is 0 Å². The Bertz CT molecular complexity index is 988. The molecule has 2 aromatic carbocycles. The van der Waals surface area contributed by atoms with Crippen LogP contribution >= 0.6 is 11.8 Å². The molecule has 1 N–H and O–H groups in total. The summed E-state index contributed by atoms with van der Waals surface area (Å²) in [5.41, 5.74) is 1.40. The van der Waals surface area contributed by atoms with Crippen LogP contribution in [0.1, 0.15) is 19.4 Å². The van der Waals surface area contributed by atoms with E-state index in [0.29, 0.717) is 17.1 Å². The standard InChI is InChI=1S/C23H26N2O5S/c1-4-24(5-2)17-11-10-16(18(26)15-17)14-21-22(27)25(23(28)31-21)12-13-30-20-9-7-6-8-19(20)29-3/h6-11,14-15,26H,4-5,12-13H2,1-3H3/b21-14-. The molecule has 2 amide bonds. The largest absolute Gasteiger partial charge is 0.507 e. The number of ether oxygens (including phenoxy) is 2. The second kappa shape index (κ2) is 10.3. The maximum atomic E-state index is 12.7. The molecule has 0 atom stereocenters. The Kier molecular flexibility index (Phi) is 7.46. The molecule has 1 heterocycles. The lowest BCUT2D eigenvalue weighted by Gasteiger charge is -2.21. The molecule has 31 heavy (non-hydrogen) atoms. The Morgan fingerprint density at radius 2 is 1.81 bits per heavy atom. The van der Waals surface area contributed by atoms with Gasteiger partial charge in [0, 0.05) is 30.4 Å². The highest BCUT2D eigenvalue weighted by molar-refractivity contribution is 8.18. The van der Waals surface area contributed by atoms with E-state index in [1.165, 1.54) is 0 Å². The number of carbonyl (C=O) groups is 2. The van der Waals surface area contributed by atoms with Crippen LogP contribution in [0.5, 0.6) is 17.2 Å². The number of nitrogens with zero attached hydrogens (tertiary/aromatic N) is 2. The van der Waals surface area contributed by atoms with E-state index in [-0.39, 0.29) is 29.0 Å². The third-order valence-electron chi connectivity index (χ3n) is 4.94. The highest BCUT2D eigenvalue weighted by Gasteiger charge is 2.35. The van der Waals surface area contributed by atoms with Crippen molar-refractivity contribution in [3.63, 3.8) is 0 Å². The molecule has 8 heteroatoms. The van der Waals surface area contributed by atoms with E-state index >= 15 is 0 Å². The maximum Gasteiger partial charge on any atom is 0.293 e. The van der Waals surface area contributed by atoms with Crippen molar-refractivity contribution >= 4 is 34.7 Å². The van der Waals surface area contributed by atoms with Crippen LogP contribution in [0.2, 0.25) is 0 Å². The maximum absolute atomic E-state index is 12.7. The zero-order valence-electron chi connectivity index (χ0n) is 17.8. The van der Waals surface area contributed by atoms with Crippen LogP contribution in [0.4, 0.5) is 10.5 Å². The van der Waals surface area contributed by atoms with E-state index in [1.807, 2.05) is 32.0 Å². The first-order valence-corrected chi connectivity index (χ1v) is 10.9. The number of hydrogen-bond donors (Lipinski definition) is 1. The molecule has 0 aromatic heterocycles.